The molecule has 2 heteroatoms. The molecule has 0 aliphatic carbocycles. The molecule has 0 saturated heterocycles. The van der Waals surface area contributed by atoms with Crippen LogP contribution in [0.15, 0.2) is 42.5 Å². The van der Waals surface area contributed by atoms with Crippen molar-refractivity contribution in [3.63, 3.8) is 0 Å². The molecule has 0 amide bonds. The third-order valence-corrected chi connectivity index (χ3v) is 15.8. The second-order valence-electron chi connectivity index (χ2n) is 10.9. The van der Waals surface area contributed by atoms with Crippen LogP contribution in [-0.4, -0.2) is 18.5 Å². The van der Waals surface area contributed by atoms with E-state index in [0.717, 1.165) is 0 Å². The molecule has 0 saturated carbocycles. The Morgan fingerprint density at radius 1 is 0.500 bits per heavy atom. The predicted octanol–water partition coefficient (Wildman–Crippen LogP) is 11.5. The van der Waals surface area contributed by atoms with Gasteiger partial charge >= 0.3 is 192 Å². The number of hydrogen-bond acceptors (Lipinski definition) is 0. The number of benzene rings is 2. The Kier molecular flexibility index (Phi) is 14.1. The van der Waals surface area contributed by atoms with Gasteiger partial charge in [-0.25, -0.2) is 0 Å². The zero-order valence-corrected chi connectivity index (χ0v) is 24.5. The molecule has 0 aromatic heterocycles. The summed E-state index contributed by atoms with van der Waals surface area (Å²) in [7, 11) is 0. The summed E-state index contributed by atoms with van der Waals surface area (Å²) in [4.78, 5) is 0. The van der Waals surface area contributed by atoms with Gasteiger partial charge in [-0.05, 0) is 0 Å². The molecule has 0 radical (unpaired) electrons. The molecule has 0 unspecified atom stereocenters. The Morgan fingerprint density at radius 2 is 0.971 bits per heavy atom. The Morgan fingerprint density at radius 3 is 1.50 bits per heavy atom. The Labute approximate surface area is 217 Å². The van der Waals surface area contributed by atoms with Gasteiger partial charge in [0.05, 0.1) is 0 Å². The van der Waals surface area contributed by atoms with Crippen molar-refractivity contribution in [2.75, 3.05) is 18.5 Å². The Hall–Kier alpha value is -0.580. The van der Waals surface area contributed by atoms with Crippen LogP contribution in [0.1, 0.15) is 124 Å². The predicted molar refractivity (Wildman–Crippen MR) is 162 cm³/mol. The van der Waals surface area contributed by atoms with Crippen molar-refractivity contribution in [2.45, 2.75) is 124 Å². The van der Waals surface area contributed by atoms with Crippen LogP contribution in [0.4, 0.5) is 0 Å². The fraction of sp³-hybridized carbons (Fsp3) is 0.688. The standard InChI is InChI=1S/C32H54ClP/c1-4-7-8-9-10-11-12-13-14-15-16-17-18-21-29-34(33,27-5-2,28-6-3)32-26-22-24-30-23-19-20-25-31(30)32/h19-20,22-26H,4-18,21,27-29H2,1-3H3. The summed E-state index contributed by atoms with van der Waals surface area (Å²) >= 11 is 7.98. The molecule has 0 aliphatic heterocycles. The van der Waals surface area contributed by atoms with Gasteiger partial charge in [0.25, 0.3) is 0 Å². The van der Waals surface area contributed by atoms with E-state index >= 15 is 0 Å². The van der Waals surface area contributed by atoms with Crippen LogP contribution in [0, 0.1) is 0 Å². The zero-order valence-electron chi connectivity index (χ0n) is 22.8. The van der Waals surface area contributed by atoms with E-state index < -0.39 is 5.96 Å². The molecule has 194 valence electrons. The summed E-state index contributed by atoms with van der Waals surface area (Å²) in [6, 6.07) is 15.8. The molecular weight excluding hydrogens is 451 g/mol. The van der Waals surface area contributed by atoms with Crippen LogP contribution < -0.4 is 5.30 Å². The van der Waals surface area contributed by atoms with Crippen LogP contribution in [0.2, 0.25) is 0 Å². The second kappa shape index (κ2) is 16.2. The minimum atomic E-state index is -2.47. The maximum absolute atomic E-state index is 7.98. The monoisotopic (exact) mass is 504 g/mol. The quantitative estimate of drug-likeness (QED) is 0.124. The van der Waals surface area contributed by atoms with Crippen LogP contribution in [0.3, 0.4) is 0 Å². The SMILES string of the molecule is CCCCCCCCCCCCCCCCP(Cl)(CCC)(CCC)c1cccc2ccccc12. The van der Waals surface area contributed by atoms with Crippen LogP contribution in [-0.2, 0) is 0 Å². The van der Waals surface area contributed by atoms with Crippen molar-refractivity contribution in [1.29, 1.82) is 0 Å². The van der Waals surface area contributed by atoms with Gasteiger partial charge in [-0.3, -0.25) is 0 Å². The van der Waals surface area contributed by atoms with Crippen molar-refractivity contribution in [3.8, 4) is 0 Å². The van der Waals surface area contributed by atoms with Crippen molar-refractivity contribution in [2.24, 2.45) is 0 Å². The molecule has 0 fully saturated rings. The Bertz CT molecular complexity index is 787. The van der Waals surface area contributed by atoms with E-state index in [0.29, 0.717) is 0 Å². The Balaban J connectivity index is 1.81. The van der Waals surface area contributed by atoms with Gasteiger partial charge in [0.1, 0.15) is 0 Å². The van der Waals surface area contributed by atoms with Gasteiger partial charge in [-0.15, -0.1) is 0 Å². The molecule has 0 spiro atoms. The molecule has 0 aliphatic rings. The number of unbranched alkanes of at least 4 members (excludes halogenated alkanes) is 13. The summed E-state index contributed by atoms with van der Waals surface area (Å²) in [6.07, 6.45) is 25.7. The van der Waals surface area contributed by atoms with E-state index in [1.165, 1.54) is 137 Å². The summed E-state index contributed by atoms with van der Waals surface area (Å²) in [6.45, 7) is 6.96. The van der Waals surface area contributed by atoms with E-state index in [-0.39, 0.29) is 0 Å². The van der Waals surface area contributed by atoms with Gasteiger partial charge in [-0.1, -0.05) is 26.2 Å². The fourth-order valence-corrected chi connectivity index (χ4v) is 13.6. The first-order valence-electron chi connectivity index (χ1n) is 14.8. The van der Waals surface area contributed by atoms with Crippen LogP contribution in [0.5, 0.6) is 0 Å². The van der Waals surface area contributed by atoms with E-state index in [2.05, 4.69) is 63.2 Å². The van der Waals surface area contributed by atoms with Gasteiger partial charge < -0.3 is 0 Å². The van der Waals surface area contributed by atoms with Crippen LogP contribution in [0.25, 0.3) is 10.8 Å². The molecule has 0 bridgehead atoms. The van der Waals surface area contributed by atoms with E-state index in [1.54, 1.807) is 0 Å². The number of hydrogen-bond donors (Lipinski definition) is 0. The molecular formula is C32H54ClP. The van der Waals surface area contributed by atoms with E-state index in [9.17, 15) is 0 Å². The molecule has 2 aromatic carbocycles. The molecule has 34 heavy (non-hydrogen) atoms. The average molecular weight is 505 g/mol. The van der Waals surface area contributed by atoms with Crippen LogP contribution >= 0.6 is 17.2 Å². The van der Waals surface area contributed by atoms with Crippen molar-refractivity contribution >= 4 is 33.3 Å². The summed E-state index contributed by atoms with van der Waals surface area (Å²) < 4.78 is 0. The third-order valence-electron chi connectivity index (χ3n) is 7.87. The van der Waals surface area contributed by atoms with Gasteiger partial charge in [-0.2, -0.15) is 0 Å². The first-order valence-corrected chi connectivity index (χ1v) is 18.5. The summed E-state index contributed by atoms with van der Waals surface area (Å²) in [5, 5.41) is 4.26. The normalized spacial score (nSPS) is 13.2. The van der Waals surface area contributed by atoms with Crippen molar-refractivity contribution < 1.29 is 0 Å². The van der Waals surface area contributed by atoms with Crippen molar-refractivity contribution in [3.05, 3.63) is 42.5 Å². The molecule has 2 rings (SSSR count). The van der Waals surface area contributed by atoms with Gasteiger partial charge in [0.2, 0.25) is 0 Å². The molecule has 0 atom stereocenters. The first kappa shape index (κ1) is 29.6. The third kappa shape index (κ3) is 9.13. The van der Waals surface area contributed by atoms with E-state index in [4.69, 9.17) is 11.2 Å². The fourth-order valence-electron chi connectivity index (χ4n) is 6.09. The summed E-state index contributed by atoms with van der Waals surface area (Å²) in [5.41, 5.74) is 0. The number of rotatable bonds is 20. The van der Waals surface area contributed by atoms with Crippen molar-refractivity contribution in [1.82, 2.24) is 0 Å². The average Bonchev–Trinajstić information content (AvgIpc) is 2.84. The minimum absolute atomic E-state index is 1.18. The second-order valence-corrected chi connectivity index (χ2v) is 18.5. The molecule has 0 N–H and O–H groups in total. The van der Waals surface area contributed by atoms with Gasteiger partial charge in [0.15, 0.2) is 0 Å². The molecule has 2 aromatic rings. The summed E-state index contributed by atoms with van der Waals surface area (Å²) in [5.74, 6) is -2.47. The maximum atomic E-state index is 7.98. The first-order chi connectivity index (χ1) is 16.6. The topological polar surface area (TPSA) is 0 Å². The zero-order chi connectivity index (χ0) is 24.6. The van der Waals surface area contributed by atoms with Gasteiger partial charge in [0, 0.05) is 0 Å². The number of fused-ring (bicyclic) bond motifs is 1. The van der Waals surface area contributed by atoms with E-state index in [1.807, 2.05) is 0 Å². The number of halogens is 1. The molecule has 0 heterocycles. The molecule has 0 nitrogen and oxygen atoms in total.